The number of alkyl halides is 1. The number of phenolic OH excluding ortho intramolecular Hbond substituents is 1. The van der Waals surface area contributed by atoms with Gasteiger partial charge in [0.15, 0.2) is 0 Å². The Kier molecular flexibility index (Phi) is 4.25. The van der Waals surface area contributed by atoms with E-state index in [1.54, 1.807) is 30.3 Å². The Morgan fingerprint density at radius 2 is 2.17 bits per heavy atom. The summed E-state index contributed by atoms with van der Waals surface area (Å²) in [6.45, 7) is 0.643. The van der Waals surface area contributed by atoms with Crippen LogP contribution in [0.2, 0.25) is 0 Å². The average Bonchev–Trinajstić information content (AvgIpc) is 2.89. The van der Waals surface area contributed by atoms with Crippen LogP contribution < -0.4 is 11.5 Å². The highest BCUT2D eigenvalue weighted by Gasteiger charge is 2.28. The van der Waals surface area contributed by atoms with Crippen LogP contribution in [-0.4, -0.2) is 29.5 Å². The molecule has 1 aliphatic heterocycles. The third-order valence-corrected chi connectivity index (χ3v) is 4.11. The summed E-state index contributed by atoms with van der Waals surface area (Å²) in [6, 6.07) is 8.61. The molecule has 1 aromatic heterocycles. The minimum Gasteiger partial charge on any atom is -0.507 e. The fraction of sp³-hybridized carbons (Fsp3) is 0.294. The number of aromatic nitrogens is 1. The van der Waals surface area contributed by atoms with Crippen molar-refractivity contribution in [1.82, 2.24) is 4.98 Å². The van der Waals surface area contributed by atoms with Crippen LogP contribution in [0.1, 0.15) is 29.2 Å². The molecule has 2 unspecified atom stereocenters. The molecule has 5 nitrogen and oxygen atoms in total. The summed E-state index contributed by atoms with van der Waals surface area (Å²) in [4.78, 5) is 3.04. The van der Waals surface area contributed by atoms with E-state index < -0.39 is 6.17 Å². The van der Waals surface area contributed by atoms with Crippen LogP contribution in [0.5, 0.6) is 5.75 Å². The van der Waals surface area contributed by atoms with Crippen LogP contribution in [0.3, 0.4) is 0 Å². The van der Waals surface area contributed by atoms with Gasteiger partial charge in [0.2, 0.25) is 0 Å². The van der Waals surface area contributed by atoms with Gasteiger partial charge in [-0.2, -0.15) is 0 Å². The first-order valence-corrected chi connectivity index (χ1v) is 7.52. The molecule has 1 saturated heterocycles. The van der Waals surface area contributed by atoms with E-state index in [4.69, 9.17) is 16.2 Å². The number of anilines is 1. The maximum atomic E-state index is 14.0. The third-order valence-electron chi connectivity index (χ3n) is 4.11. The predicted molar refractivity (Wildman–Crippen MR) is 88.4 cm³/mol. The Labute approximate surface area is 133 Å². The molecular weight excluding hydrogens is 297 g/mol. The Morgan fingerprint density at radius 3 is 2.91 bits per heavy atom. The van der Waals surface area contributed by atoms with Crippen molar-refractivity contribution in [1.29, 1.82) is 0 Å². The largest absolute Gasteiger partial charge is 0.507 e. The number of benzene rings is 1. The number of hydrogen-bond acceptors (Lipinski definition) is 4. The van der Waals surface area contributed by atoms with Crippen LogP contribution >= 0.6 is 0 Å². The number of H-pyrrole nitrogens is 1. The van der Waals surface area contributed by atoms with E-state index in [0.717, 1.165) is 5.69 Å². The van der Waals surface area contributed by atoms with Crippen molar-refractivity contribution in [3.05, 3.63) is 47.2 Å². The summed E-state index contributed by atoms with van der Waals surface area (Å²) in [7, 11) is 0. The molecule has 2 atom stereocenters. The second kappa shape index (κ2) is 6.34. The molecule has 6 N–H and O–H groups in total. The molecular formula is C17H20FN3O2. The maximum Gasteiger partial charge on any atom is 0.132 e. The van der Waals surface area contributed by atoms with Gasteiger partial charge >= 0.3 is 0 Å². The van der Waals surface area contributed by atoms with Gasteiger partial charge in [-0.3, -0.25) is 0 Å². The number of hydrogen-bond donors (Lipinski definition) is 4. The van der Waals surface area contributed by atoms with Gasteiger partial charge in [-0.15, -0.1) is 0 Å². The summed E-state index contributed by atoms with van der Waals surface area (Å²) < 4.78 is 19.1. The summed E-state index contributed by atoms with van der Waals surface area (Å²) in [5.74, 6) is 0.278. The molecule has 2 heterocycles. The lowest BCUT2D eigenvalue weighted by Crippen LogP contribution is -2.27. The van der Waals surface area contributed by atoms with Gasteiger partial charge in [0.1, 0.15) is 17.7 Å². The number of rotatable bonds is 3. The minimum atomic E-state index is -1.05. The molecule has 122 valence electrons. The number of nitrogens with one attached hydrogen (secondary N) is 1. The minimum absolute atomic E-state index is 0.101. The smallest absolute Gasteiger partial charge is 0.132 e. The standard InChI is InChI=1S/C17H20FN3O2/c18-13-9-23-6-5-11(13)15-8-10(17(20)21-15)7-14(19)12-3-1-2-4-16(12)22/h1-4,7-8,11,13,21-22H,5-6,9,19-20H2/b14-7-. The number of para-hydroxylation sites is 1. The molecule has 0 bridgehead atoms. The van der Waals surface area contributed by atoms with Crippen LogP contribution in [-0.2, 0) is 4.74 Å². The van der Waals surface area contributed by atoms with E-state index >= 15 is 0 Å². The van der Waals surface area contributed by atoms with Crippen molar-refractivity contribution in [2.75, 3.05) is 18.9 Å². The first kappa shape index (κ1) is 15.4. The summed E-state index contributed by atoms with van der Waals surface area (Å²) in [5.41, 5.74) is 14.4. The van der Waals surface area contributed by atoms with E-state index in [0.29, 0.717) is 35.7 Å². The molecule has 0 radical (unpaired) electrons. The van der Waals surface area contributed by atoms with Crippen molar-refractivity contribution in [2.45, 2.75) is 18.5 Å². The zero-order valence-corrected chi connectivity index (χ0v) is 12.6. The first-order valence-electron chi connectivity index (χ1n) is 7.52. The highest BCUT2D eigenvalue weighted by Crippen LogP contribution is 2.32. The van der Waals surface area contributed by atoms with Gasteiger partial charge in [0.25, 0.3) is 0 Å². The van der Waals surface area contributed by atoms with Crippen molar-refractivity contribution in [3.63, 3.8) is 0 Å². The topological polar surface area (TPSA) is 97.3 Å². The summed E-state index contributed by atoms with van der Waals surface area (Å²) in [6.07, 6.45) is 1.24. The zero-order valence-electron chi connectivity index (χ0n) is 12.6. The van der Waals surface area contributed by atoms with E-state index in [9.17, 15) is 9.50 Å². The second-order valence-electron chi connectivity index (χ2n) is 5.70. The Bertz CT molecular complexity index is 726. The number of aromatic amines is 1. The van der Waals surface area contributed by atoms with E-state index in [1.807, 2.05) is 6.07 Å². The van der Waals surface area contributed by atoms with Crippen LogP contribution in [0.15, 0.2) is 30.3 Å². The molecule has 1 aromatic carbocycles. The normalized spacial score (nSPS) is 22.2. The molecule has 6 heteroatoms. The third kappa shape index (κ3) is 3.17. The molecule has 2 aromatic rings. The quantitative estimate of drug-likeness (QED) is 0.699. The van der Waals surface area contributed by atoms with Gasteiger partial charge in [-0.05, 0) is 30.7 Å². The number of ether oxygens (including phenoxy) is 1. The van der Waals surface area contributed by atoms with Crippen molar-refractivity contribution in [2.24, 2.45) is 5.73 Å². The molecule has 0 saturated carbocycles. The lowest BCUT2D eigenvalue weighted by atomic mass is 9.94. The average molecular weight is 317 g/mol. The highest BCUT2D eigenvalue weighted by atomic mass is 19.1. The van der Waals surface area contributed by atoms with Crippen molar-refractivity contribution < 1.29 is 14.2 Å². The summed E-state index contributed by atoms with van der Waals surface area (Å²) >= 11 is 0. The molecule has 0 aliphatic carbocycles. The van der Waals surface area contributed by atoms with Crippen LogP contribution in [0, 0.1) is 0 Å². The van der Waals surface area contributed by atoms with Crippen molar-refractivity contribution in [3.8, 4) is 5.75 Å². The lowest BCUT2D eigenvalue weighted by Gasteiger charge is -2.25. The van der Waals surface area contributed by atoms with Gasteiger partial charge in [-0.1, -0.05) is 12.1 Å². The molecule has 3 rings (SSSR count). The monoisotopic (exact) mass is 317 g/mol. The zero-order chi connectivity index (χ0) is 16.4. The van der Waals surface area contributed by atoms with Crippen LogP contribution in [0.4, 0.5) is 10.2 Å². The van der Waals surface area contributed by atoms with E-state index in [1.165, 1.54) is 0 Å². The first-order chi connectivity index (χ1) is 11.1. The maximum absolute atomic E-state index is 14.0. The molecule has 1 aliphatic rings. The number of halogens is 1. The number of aromatic hydroxyl groups is 1. The van der Waals surface area contributed by atoms with E-state index in [-0.39, 0.29) is 18.3 Å². The second-order valence-corrected chi connectivity index (χ2v) is 5.70. The molecule has 23 heavy (non-hydrogen) atoms. The Balaban J connectivity index is 1.89. The summed E-state index contributed by atoms with van der Waals surface area (Å²) in [5, 5.41) is 9.85. The number of nitrogen functional groups attached to an aromatic ring is 1. The van der Waals surface area contributed by atoms with Gasteiger partial charge < -0.3 is 26.3 Å². The van der Waals surface area contributed by atoms with Crippen molar-refractivity contribution >= 4 is 17.6 Å². The molecule has 0 amide bonds. The Morgan fingerprint density at radius 1 is 1.39 bits per heavy atom. The fourth-order valence-corrected chi connectivity index (χ4v) is 2.84. The molecule has 1 fully saturated rings. The van der Waals surface area contributed by atoms with Crippen LogP contribution in [0.25, 0.3) is 11.8 Å². The number of phenols is 1. The highest BCUT2D eigenvalue weighted by molar-refractivity contribution is 5.84. The fourth-order valence-electron chi connectivity index (χ4n) is 2.84. The molecule has 0 spiro atoms. The SMILES string of the molecule is N/C(=C\c1cc(C2CCOCC2F)[nH]c1N)c1ccccc1O. The Hall–Kier alpha value is -2.47. The van der Waals surface area contributed by atoms with Gasteiger partial charge in [0.05, 0.1) is 6.61 Å². The van der Waals surface area contributed by atoms with E-state index in [2.05, 4.69) is 4.98 Å². The van der Waals surface area contributed by atoms with Gasteiger partial charge in [0, 0.05) is 35.0 Å². The lowest BCUT2D eigenvalue weighted by molar-refractivity contribution is 0.0210. The van der Waals surface area contributed by atoms with Gasteiger partial charge in [-0.25, -0.2) is 4.39 Å². The number of nitrogens with two attached hydrogens (primary N) is 2. The predicted octanol–water partition coefficient (Wildman–Crippen LogP) is 2.60.